The molecule has 0 aliphatic heterocycles. The number of nitrogens with one attached hydrogen (secondary N) is 1. The highest BCUT2D eigenvalue weighted by Gasteiger charge is 2.09. The highest BCUT2D eigenvalue weighted by Crippen LogP contribution is 2.27. The Hall–Kier alpha value is -2.42. The molecule has 0 saturated heterocycles. The van der Waals surface area contributed by atoms with Crippen molar-refractivity contribution in [2.45, 2.75) is 6.92 Å². The molecule has 3 nitrogen and oxygen atoms in total. The van der Waals surface area contributed by atoms with E-state index in [1.54, 1.807) is 6.20 Å². The summed E-state index contributed by atoms with van der Waals surface area (Å²) in [6.45, 7) is 2.04. The van der Waals surface area contributed by atoms with Gasteiger partial charge in [0.05, 0.1) is 5.69 Å². The van der Waals surface area contributed by atoms with Crippen LogP contribution in [0.15, 0.2) is 64.6 Å². The van der Waals surface area contributed by atoms with E-state index in [2.05, 4.69) is 32.3 Å². The third-order valence-corrected chi connectivity index (χ3v) is 4.83. The monoisotopic (exact) mass is 395 g/mol. The second kappa shape index (κ2) is 7.43. The molecule has 0 unspecified atom stereocenters. The Bertz CT molecular complexity index is 903. The standard InChI is InChI=1S/C19H14BrN3S/c1-13-2-8-17(9-3-13)22-11-15(10-21)19-23-18(12-24-19)14-4-6-16(20)7-5-14/h2-9,11-12,22H,1H3. The summed E-state index contributed by atoms with van der Waals surface area (Å²) < 4.78 is 1.03. The van der Waals surface area contributed by atoms with Crippen molar-refractivity contribution in [1.82, 2.24) is 4.98 Å². The molecule has 2 aromatic carbocycles. The van der Waals surface area contributed by atoms with Gasteiger partial charge < -0.3 is 5.32 Å². The molecule has 0 bridgehead atoms. The molecule has 0 saturated carbocycles. The SMILES string of the molecule is Cc1ccc(NC=C(C#N)c2nc(-c3ccc(Br)cc3)cs2)cc1. The minimum absolute atomic E-state index is 0.518. The Morgan fingerprint density at radius 1 is 1.17 bits per heavy atom. The highest BCUT2D eigenvalue weighted by atomic mass is 79.9. The van der Waals surface area contributed by atoms with Gasteiger partial charge in [-0.3, -0.25) is 0 Å². The van der Waals surface area contributed by atoms with Crippen LogP contribution in [0.25, 0.3) is 16.8 Å². The summed E-state index contributed by atoms with van der Waals surface area (Å²) in [5, 5.41) is 15.2. The summed E-state index contributed by atoms with van der Waals surface area (Å²) in [5.41, 5.74) is 4.56. The van der Waals surface area contributed by atoms with Crippen LogP contribution in [-0.4, -0.2) is 4.98 Å². The van der Waals surface area contributed by atoms with Gasteiger partial charge in [-0.1, -0.05) is 45.8 Å². The lowest BCUT2D eigenvalue weighted by Gasteiger charge is -2.01. The topological polar surface area (TPSA) is 48.7 Å². The van der Waals surface area contributed by atoms with Crippen LogP contribution in [0, 0.1) is 18.3 Å². The second-order valence-electron chi connectivity index (χ2n) is 5.22. The first-order valence-corrected chi connectivity index (χ1v) is 8.98. The Kier molecular flexibility index (Phi) is 5.09. The molecular weight excluding hydrogens is 382 g/mol. The first kappa shape index (κ1) is 16.4. The van der Waals surface area contributed by atoms with Crippen LogP contribution in [0.1, 0.15) is 10.6 Å². The maximum absolute atomic E-state index is 9.42. The van der Waals surface area contributed by atoms with Crippen molar-refractivity contribution in [2.75, 3.05) is 5.32 Å². The van der Waals surface area contributed by atoms with Crippen LogP contribution in [-0.2, 0) is 0 Å². The zero-order valence-corrected chi connectivity index (χ0v) is 15.4. The lowest BCUT2D eigenvalue weighted by Crippen LogP contribution is -1.91. The molecule has 3 rings (SSSR count). The van der Waals surface area contributed by atoms with Gasteiger partial charge in [0.2, 0.25) is 0 Å². The van der Waals surface area contributed by atoms with E-state index in [0.29, 0.717) is 10.6 Å². The number of benzene rings is 2. The first-order chi connectivity index (χ1) is 11.7. The second-order valence-corrected chi connectivity index (χ2v) is 7.00. The number of thiazole rings is 1. The fourth-order valence-corrected chi connectivity index (χ4v) is 3.16. The lowest BCUT2D eigenvalue weighted by atomic mass is 10.2. The molecule has 0 amide bonds. The van der Waals surface area contributed by atoms with Crippen LogP contribution in [0.4, 0.5) is 5.69 Å². The number of nitriles is 1. The third-order valence-electron chi connectivity index (χ3n) is 3.43. The molecule has 0 radical (unpaired) electrons. The number of halogens is 1. The van der Waals surface area contributed by atoms with E-state index in [1.165, 1.54) is 16.9 Å². The number of allylic oxidation sites excluding steroid dienone is 1. The van der Waals surface area contributed by atoms with E-state index >= 15 is 0 Å². The quantitative estimate of drug-likeness (QED) is 0.562. The van der Waals surface area contributed by atoms with Crippen molar-refractivity contribution >= 4 is 38.5 Å². The Morgan fingerprint density at radius 2 is 1.88 bits per heavy atom. The Balaban J connectivity index is 1.81. The maximum Gasteiger partial charge on any atom is 0.136 e. The van der Waals surface area contributed by atoms with E-state index in [9.17, 15) is 5.26 Å². The smallest absolute Gasteiger partial charge is 0.136 e. The highest BCUT2D eigenvalue weighted by molar-refractivity contribution is 9.10. The molecule has 0 atom stereocenters. The summed E-state index contributed by atoms with van der Waals surface area (Å²) >= 11 is 4.89. The third kappa shape index (κ3) is 3.91. The van der Waals surface area contributed by atoms with Crippen LogP contribution in [0.5, 0.6) is 0 Å². The van der Waals surface area contributed by atoms with Gasteiger partial charge in [0.25, 0.3) is 0 Å². The average Bonchev–Trinajstić information content (AvgIpc) is 3.08. The molecular formula is C19H14BrN3S. The number of anilines is 1. The van der Waals surface area contributed by atoms with Crippen molar-refractivity contribution < 1.29 is 0 Å². The summed E-state index contributed by atoms with van der Waals surface area (Å²) in [6, 6.07) is 18.2. The van der Waals surface area contributed by atoms with Gasteiger partial charge in [0.1, 0.15) is 16.6 Å². The predicted octanol–water partition coefficient (Wildman–Crippen LogP) is 5.86. The molecule has 1 N–H and O–H groups in total. The molecule has 0 fully saturated rings. The van der Waals surface area contributed by atoms with E-state index in [4.69, 9.17) is 0 Å². The van der Waals surface area contributed by atoms with Gasteiger partial charge in [0, 0.05) is 27.3 Å². The summed E-state index contributed by atoms with van der Waals surface area (Å²) in [7, 11) is 0. The predicted molar refractivity (Wildman–Crippen MR) is 104 cm³/mol. The number of aromatic nitrogens is 1. The summed E-state index contributed by atoms with van der Waals surface area (Å²) in [4.78, 5) is 4.58. The molecule has 118 valence electrons. The maximum atomic E-state index is 9.42. The minimum Gasteiger partial charge on any atom is -0.360 e. The Morgan fingerprint density at radius 3 is 2.54 bits per heavy atom. The molecule has 1 aromatic heterocycles. The molecule has 3 aromatic rings. The van der Waals surface area contributed by atoms with E-state index in [1.807, 2.05) is 60.8 Å². The number of aryl methyl sites for hydroxylation is 1. The first-order valence-electron chi connectivity index (χ1n) is 7.31. The lowest BCUT2D eigenvalue weighted by molar-refractivity contribution is 1.36. The molecule has 0 aliphatic carbocycles. The fraction of sp³-hybridized carbons (Fsp3) is 0.0526. The Labute approximate surface area is 153 Å². The largest absolute Gasteiger partial charge is 0.360 e. The number of rotatable bonds is 4. The van der Waals surface area contributed by atoms with Gasteiger partial charge in [-0.15, -0.1) is 11.3 Å². The summed E-state index contributed by atoms with van der Waals surface area (Å²) in [6.07, 6.45) is 1.70. The van der Waals surface area contributed by atoms with Gasteiger partial charge in [-0.25, -0.2) is 4.98 Å². The van der Waals surface area contributed by atoms with Crippen LogP contribution < -0.4 is 5.32 Å². The minimum atomic E-state index is 0.518. The van der Waals surface area contributed by atoms with Crippen molar-refractivity contribution in [1.29, 1.82) is 5.26 Å². The fourth-order valence-electron chi connectivity index (χ4n) is 2.10. The van der Waals surface area contributed by atoms with Gasteiger partial charge in [0.15, 0.2) is 0 Å². The molecule has 0 spiro atoms. The van der Waals surface area contributed by atoms with Crippen molar-refractivity contribution in [3.05, 3.63) is 75.2 Å². The molecule has 5 heteroatoms. The normalized spacial score (nSPS) is 11.1. The van der Waals surface area contributed by atoms with Crippen molar-refractivity contribution in [3.63, 3.8) is 0 Å². The van der Waals surface area contributed by atoms with Crippen LogP contribution in [0.2, 0.25) is 0 Å². The van der Waals surface area contributed by atoms with E-state index in [-0.39, 0.29) is 0 Å². The van der Waals surface area contributed by atoms with Crippen molar-refractivity contribution in [3.8, 4) is 17.3 Å². The zero-order valence-electron chi connectivity index (χ0n) is 13.0. The summed E-state index contributed by atoms with van der Waals surface area (Å²) in [5.74, 6) is 0. The van der Waals surface area contributed by atoms with Gasteiger partial charge in [-0.05, 0) is 31.2 Å². The zero-order chi connectivity index (χ0) is 16.9. The molecule has 24 heavy (non-hydrogen) atoms. The van der Waals surface area contributed by atoms with Crippen LogP contribution >= 0.6 is 27.3 Å². The average molecular weight is 396 g/mol. The number of hydrogen-bond donors (Lipinski definition) is 1. The van der Waals surface area contributed by atoms with Gasteiger partial charge in [-0.2, -0.15) is 5.26 Å². The van der Waals surface area contributed by atoms with Crippen molar-refractivity contribution in [2.24, 2.45) is 0 Å². The van der Waals surface area contributed by atoms with Crippen LogP contribution in [0.3, 0.4) is 0 Å². The number of hydrogen-bond acceptors (Lipinski definition) is 4. The number of nitrogens with zero attached hydrogens (tertiary/aromatic N) is 2. The van der Waals surface area contributed by atoms with Gasteiger partial charge >= 0.3 is 0 Å². The van der Waals surface area contributed by atoms with E-state index in [0.717, 1.165) is 21.4 Å². The molecule has 1 heterocycles. The van der Waals surface area contributed by atoms with E-state index < -0.39 is 0 Å². The molecule has 0 aliphatic rings.